The normalized spacial score (nSPS) is 14.2. The Kier molecular flexibility index (Phi) is 35.7. The summed E-state index contributed by atoms with van der Waals surface area (Å²) in [5.74, 6) is -1.94. The second kappa shape index (κ2) is 38.6. The molecule has 57 heavy (non-hydrogen) atoms. The van der Waals surface area contributed by atoms with Crippen molar-refractivity contribution in [2.24, 2.45) is 0 Å². The van der Waals surface area contributed by atoms with E-state index < -0.39 is 24.1 Å². The Morgan fingerprint density at radius 1 is 0.526 bits per heavy atom. The molecule has 0 radical (unpaired) electrons. The van der Waals surface area contributed by atoms with E-state index in [4.69, 9.17) is 14.2 Å². The highest BCUT2D eigenvalue weighted by Gasteiger charge is 2.25. The van der Waals surface area contributed by atoms with Crippen LogP contribution in [0.4, 0.5) is 0 Å². The molecule has 0 saturated carbocycles. The number of carbonyl (C=O) groups excluding carboxylic acids is 3. The van der Waals surface area contributed by atoms with Crippen LogP contribution in [-0.2, 0) is 28.6 Å². The number of carbonyl (C=O) groups is 3. The summed E-state index contributed by atoms with van der Waals surface area (Å²) in [6.07, 6.45) is 53.9. The van der Waals surface area contributed by atoms with Gasteiger partial charge in [-0.15, -0.1) is 0 Å². The fraction of sp³-hybridized carbons (Fsp3) is 0.531. The molecule has 0 aromatic carbocycles. The van der Waals surface area contributed by atoms with Gasteiger partial charge in [0, 0.05) is 19.3 Å². The van der Waals surface area contributed by atoms with E-state index in [0.717, 1.165) is 70.6 Å². The van der Waals surface area contributed by atoms with Gasteiger partial charge in [0.2, 0.25) is 0 Å². The molecule has 0 spiro atoms. The third kappa shape index (κ3) is 37.1. The predicted molar refractivity (Wildman–Crippen MR) is 235 cm³/mol. The molecule has 8 nitrogen and oxygen atoms in total. The predicted octanol–water partition coefficient (Wildman–Crippen LogP) is 10.1. The highest BCUT2D eigenvalue weighted by Crippen LogP contribution is 2.09. The molecule has 0 bridgehead atoms. The lowest BCUT2D eigenvalue weighted by atomic mass is 10.1. The van der Waals surface area contributed by atoms with E-state index >= 15 is 0 Å². The molecule has 0 aromatic rings. The molecular weight excluding hydrogens is 715 g/mol. The van der Waals surface area contributed by atoms with Crippen LogP contribution in [0.25, 0.3) is 0 Å². The number of aliphatic carboxylic acids is 1. The van der Waals surface area contributed by atoms with E-state index in [-0.39, 0.29) is 49.5 Å². The summed E-state index contributed by atoms with van der Waals surface area (Å²) in [6, 6.07) is -0.754. The van der Waals surface area contributed by atoms with Crippen molar-refractivity contribution in [3.8, 4) is 0 Å². The molecule has 0 aliphatic rings. The molecule has 0 amide bonds. The van der Waals surface area contributed by atoms with Gasteiger partial charge in [-0.05, 0) is 83.5 Å². The van der Waals surface area contributed by atoms with Crippen LogP contribution in [0, 0.1) is 0 Å². The van der Waals surface area contributed by atoms with Crippen LogP contribution < -0.4 is 5.11 Å². The van der Waals surface area contributed by atoms with Gasteiger partial charge in [-0.2, -0.15) is 0 Å². The highest BCUT2D eigenvalue weighted by molar-refractivity contribution is 5.70. The van der Waals surface area contributed by atoms with Gasteiger partial charge < -0.3 is 28.6 Å². The first-order valence-electron chi connectivity index (χ1n) is 21.1. The number of ether oxygens (including phenoxy) is 3. The van der Waals surface area contributed by atoms with Crippen LogP contribution in [0.3, 0.4) is 0 Å². The highest BCUT2D eigenvalue weighted by atomic mass is 16.6. The number of unbranched alkanes of at least 4 members (excludes halogenated alkanes) is 1. The maximum absolute atomic E-state index is 12.7. The second-order valence-electron chi connectivity index (χ2n) is 14.5. The number of carboxylic acids is 1. The fourth-order valence-electron chi connectivity index (χ4n) is 5.15. The number of nitrogens with zero attached hydrogens (tertiary/aromatic N) is 1. The van der Waals surface area contributed by atoms with Crippen LogP contribution in [0.15, 0.2) is 122 Å². The minimum Gasteiger partial charge on any atom is -0.544 e. The minimum absolute atomic E-state index is 0.0162. The number of rotatable bonds is 35. The summed E-state index contributed by atoms with van der Waals surface area (Å²) in [6.45, 7) is 4.25. The van der Waals surface area contributed by atoms with Gasteiger partial charge in [-0.25, -0.2) is 0 Å². The number of carboxylic acid groups (broad SMARTS) is 1. The first-order valence-corrected chi connectivity index (χ1v) is 21.1. The molecule has 0 aliphatic carbocycles. The molecule has 0 heterocycles. The van der Waals surface area contributed by atoms with Gasteiger partial charge in [0.25, 0.3) is 0 Å². The number of hydrogen-bond donors (Lipinski definition) is 0. The van der Waals surface area contributed by atoms with E-state index in [0.29, 0.717) is 12.8 Å². The Morgan fingerprint density at radius 2 is 0.930 bits per heavy atom. The minimum atomic E-state index is -1.15. The molecule has 2 atom stereocenters. The quantitative estimate of drug-likeness (QED) is 0.0273. The summed E-state index contributed by atoms with van der Waals surface area (Å²) >= 11 is 0. The van der Waals surface area contributed by atoms with Crippen molar-refractivity contribution in [3.63, 3.8) is 0 Å². The van der Waals surface area contributed by atoms with Crippen molar-refractivity contribution in [2.45, 2.75) is 129 Å². The molecular formula is C49H75NO7. The molecule has 0 rings (SSSR count). The lowest BCUT2D eigenvalue weighted by Crippen LogP contribution is -2.55. The lowest BCUT2D eigenvalue weighted by Gasteiger charge is -2.34. The SMILES string of the molecule is CC/C=C/C/C=C/C/C=C/C/C=C/C/C=C/CCCC(=O)OCC(COCCC(C(=O)[O-])[N+](C)(C)C)OC(=O)CC/C=C/C/C=C/C/C=C/C/C=C/C/C=C/CC. The van der Waals surface area contributed by atoms with Crippen molar-refractivity contribution in [1.29, 1.82) is 0 Å². The monoisotopic (exact) mass is 790 g/mol. The molecule has 318 valence electrons. The maximum atomic E-state index is 12.7. The molecule has 0 aromatic heterocycles. The third-order valence-electron chi connectivity index (χ3n) is 8.36. The Bertz CT molecular complexity index is 1340. The van der Waals surface area contributed by atoms with Crippen molar-refractivity contribution >= 4 is 17.9 Å². The maximum Gasteiger partial charge on any atom is 0.306 e. The Labute approximate surface area is 346 Å². The van der Waals surface area contributed by atoms with Crippen LogP contribution >= 0.6 is 0 Å². The van der Waals surface area contributed by atoms with E-state index in [2.05, 4.69) is 123 Å². The van der Waals surface area contributed by atoms with Crippen LogP contribution in [0.2, 0.25) is 0 Å². The third-order valence-corrected chi connectivity index (χ3v) is 8.36. The molecule has 0 N–H and O–H groups in total. The van der Waals surface area contributed by atoms with Crippen molar-refractivity contribution in [1.82, 2.24) is 0 Å². The van der Waals surface area contributed by atoms with E-state index in [1.165, 1.54) is 0 Å². The van der Waals surface area contributed by atoms with Gasteiger partial charge in [-0.1, -0.05) is 135 Å². The number of hydrogen-bond acceptors (Lipinski definition) is 7. The number of esters is 2. The van der Waals surface area contributed by atoms with Crippen LogP contribution in [0.1, 0.15) is 117 Å². The van der Waals surface area contributed by atoms with Crippen LogP contribution in [-0.4, -0.2) is 75.5 Å². The van der Waals surface area contributed by atoms with Crippen molar-refractivity contribution in [2.75, 3.05) is 41.0 Å². The van der Waals surface area contributed by atoms with Gasteiger partial charge in [0.05, 0.1) is 40.3 Å². The Morgan fingerprint density at radius 3 is 1.33 bits per heavy atom. The van der Waals surface area contributed by atoms with Gasteiger partial charge in [-0.3, -0.25) is 9.59 Å². The number of quaternary nitrogens is 1. The fourth-order valence-corrected chi connectivity index (χ4v) is 5.15. The van der Waals surface area contributed by atoms with Gasteiger partial charge in [0.1, 0.15) is 12.6 Å². The smallest absolute Gasteiger partial charge is 0.306 e. The Hall–Kier alpha value is -4.27. The molecule has 2 unspecified atom stereocenters. The average Bonchev–Trinajstić information content (AvgIpc) is 3.17. The largest absolute Gasteiger partial charge is 0.544 e. The van der Waals surface area contributed by atoms with E-state index in [9.17, 15) is 19.5 Å². The zero-order valence-electron chi connectivity index (χ0n) is 35.9. The van der Waals surface area contributed by atoms with Gasteiger partial charge in [0.15, 0.2) is 6.10 Å². The first kappa shape index (κ1) is 52.7. The van der Waals surface area contributed by atoms with Crippen LogP contribution in [0.5, 0.6) is 0 Å². The summed E-state index contributed by atoms with van der Waals surface area (Å²) in [7, 11) is 5.34. The number of allylic oxidation sites excluding steroid dienone is 20. The molecule has 0 fully saturated rings. The summed E-state index contributed by atoms with van der Waals surface area (Å²) in [5.41, 5.74) is 0. The average molecular weight is 790 g/mol. The molecule has 0 aliphatic heterocycles. The Balaban J connectivity index is 4.62. The summed E-state index contributed by atoms with van der Waals surface area (Å²) in [4.78, 5) is 36.8. The number of likely N-dealkylation sites (N-methyl/N-ethyl adjacent to an activating group) is 1. The lowest BCUT2D eigenvalue weighted by molar-refractivity contribution is -0.889. The van der Waals surface area contributed by atoms with E-state index in [1.807, 2.05) is 12.2 Å². The second-order valence-corrected chi connectivity index (χ2v) is 14.5. The zero-order valence-corrected chi connectivity index (χ0v) is 35.9. The summed E-state index contributed by atoms with van der Waals surface area (Å²) < 4.78 is 17.0. The molecule has 0 saturated heterocycles. The van der Waals surface area contributed by atoms with Crippen molar-refractivity contribution in [3.05, 3.63) is 122 Å². The first-order chi connectivity index (χ1) is 27.6. The van der Waals surface area contributed by atoms with E-state index in [1.54, 1.807) is 21.1 Å². The summed E-state index contributed by atoms with van der Waals surface area (Å²) in [5, 5.41) is 11.6. The van der Waals surface area contributed by atoms with Crippen molar-refractivity contribution < 1.29 is 38.2 Å². The van der Waals surface area contributed by atoms with Gasteiger partial charge >= 0.3 is 11.9 Å². The molecule has 8 heteroatoms. The zero-order chi connectivity index (χ0) is 42.1. The standard InChI is InChI=1S/C49H75NO7/c1-6-8-10-12-14-16-18-20-22-24-26-27-29-31-33-35-37-39-47(51)56-44-45(43-55-42-41-46(49(53)54)50(3,4)5)57-48(52)40-38-36-34-32-30-28-25-23-21-19-17-15-13-11-9-7-2/h8-11,14-17,20-23,26-28,30-31,33-34,36,45-46H,6-7,12-13,18-19,24-25,29,32,35,37-44H2,1-5H3/b10-8+,11-9+,16-14+,17-15+,22-20+,23-21+,27-26+,30-28+,33-31+,36-34+. The topological polar surface area (TPSA) is 102 Å².